The summed E-state index contributed by atoms with van der Waals surface area (Å²) >= 11 is 0. The fraction of sp³-hybridized carbons (Fsp3) is 0.250. The molecule has 0 saturated carbocycles. The molecule has 2 heterocycles. The Kier molecular flexibility index (Phi) is 3.62. The van der Waals surface area contributed by atoms with Crippen molar-refractivity contribution in [3.05, 3.63) is 36.8 Å². The first-order valence-electron chi connectivity index (χ1n) is 5.46. The number of nitrogens with two attached hydrogens (primary N) is 1. The van der Waals surface area contributed by atoms with E-state index in [0.29, 0.717) is 12.5 Å². The van der Waals surface area contributed by atoms with E-state index in [-0.39, 0.29) is 0 Å². The van der Waals surface area contributed by atoms with Gasteiger partial charge in [0, 0.05) is 44.3 Å². The highest BCUT2D eigenvalue weighted by atomic mass is 15.2. The third-order valence-corrected chi connectivity index (χ3v) is 2.40. The summed E-state index contributed by atoms with van der Waals surface area (Å²) in [5.74, 6) is 0.676. The summed E-state index contributed by atoms with van der Waals surface area (Å²) in [4.78, 5) is 14.8. The molecule has 5 heteroatoms. The van der Waals surface area contributed by atoms with E-state index < -0.39 is 0 Å². The van der Waals surface area contributed by atoms with Crippen molar-refractivity contribution in [1.29, 1.82) is 0 Å². The second-order valence-electron chi connectivity index (χ2n) is 3.70. The molecular formula is C12H15N5. The van der Waals surface area contributed by atoms with Gasteiger partial charge in [-0.1, -0.05) is 6.07 Å². The predicted octanol–water partition coefficient (Wildman–Crippen LogP) is 0.933. The number of aromatic nitrogens is 3. The van der Waals surface area contributed by atoms with Gasteiger partial charge in [-0.2, -0.15) is 0 Å². The molecular weight excluding hydrogens is 214 g/mol. The average molecular weight is 229 g/mol. The molecule has 0 radical (unpaired) electrons. The third-order valence-electron chi connectivity index (χ3n) is 2.40. The molecule has 0 bridgehead atoms. The SMILES string of the molecule is CN(CCN)c1ncc(-c2ccccn2)cn1. The summed E-state index contributed by atoms with van der Waals surface area (Å²) in [6.07, 6.45) is 5.30. The van der Waals surface area contributed by atoms with Crippen molar-refractivity contribution in [2.75, 3.05) is 25.0 Å². The van der Waals surface area contributed by atoms with E-state index in [9.17, 15) is 0 Å². The molecule has 2 N–H and O–H groups in total. The number of hydrogen-bond donors (Lipinski definition) is 1. The lowest BCUT2D eigenvalue weighted by atomic mass is 10.2. The minimum Gasteiger partial charge on any atom is -0.343 e. The topological polar surface area (TPSA) is 67.9 Å². The Morgan fingerprint density at radius 1 is 1.18 bits per heavy atom. The van der Waals surface area contributed by atoms with Crippen molar-refractivity contribution in [3.8, 4) is 11.3 Å². The smallest absolute Gasteiger partial charge is 0.225 e. The fourth-order valence-corrected chi connectivity index (χ4v) is 1.48. The first-order valence-corrected chi connectivity index (χ1v) is 5.46. The standard InChI is InChI=1S/C12H15N5/c1-17(7-5-13)12-15-8-10(9-16-12)11-4-2-3-6-14-11/h2-4,6,8-9H,5,7,13H2,1H3. The maximum Gasteiger partial charge on any atom is 0.225 e. The lowest BCUT2D eigenvalue weighted by Gasteiger charge is -2.15. The van der Waals surface area contributed by atoms with E-state index in [2.05, 4.69) is 15.0 Å². The summed E-state index contributed by atoms with van der Waals surface area (Å²) in [5, 5.41) is 0. The van der Waals surface area contributed by atoms with Crippen LogP contribution in [0.2, 0.25) is 0 Å². The van der Waals surface area contributed by atoms with E-state index in [0.717, 1.165) is 17.8 Å². The summed E-state index contributed by atoms with van der Waals surface area (Å²) < 4.78 is 0. The highest BCUT2D eigenvalue weighted by Gasteiger charge is 2.04. The Balaban J connectivity index is 2.19. The number of likely N-dealkylation sites (N-methyl/N-ethyl adjacent to an activating group) is 1. The van der Waals surface area contributed by atoms with E-state index in [1.165, 1.54) is 0 Å². The Morgan fingerprint density at radius 3 is 2.53 bits per heavy atom. The molecule has 0 spiro atoms. The number of pyridine rings is 1. The predicted molar refractivity (Wildman–Crippen MR) is 67.6 cm³/mol. The normalized spacial score (nSPS) is 10.2. The molecule has 0 fully saturated rings. The molecule has 17 heavy (non-hydrogen) atoms. The molecule has 0 atom stereocenters. The quantitative estimate of drug-likeness (QED) is 0.844. The van der Waals surface area contributed by atoms with Crippen LogP contribution < -0.4 is 10.6 Å². The van der Waals surface area contributed by atoms with Crippen LogP contribution in [0, 0.1) is 0 Å². The fourth-order valence-electron chi connectivity index (χ4n) is 1.48. The molecule has 2 rings (SSSR count). The van der Waals surface area contributed by atoms with E-state index >= 15 is 0 Å². The van der Waals surface area contributed by atoms with E-state index in [1.54, 1.807) is 18.6 Å². The van der Waals surface area contributed by atoms with Gasteiger partial charge >= 0.3 is 0 Å². The molecule has 0 unspecified atom stereocenters. The Labute approximate surface area is 100 Å². The van der Waals surface area contributed by atoms with Gasteiger partial charge in [0.2, 0.25) is 5.95 Å². The minimum absolute atomic E-state index is 0.585. The highest BCUT2D eigenvalue weighted by molar-refractivity contribution is 5.56. The van der Waals surface area contributed by atoms with Crippen molar-refractivity contribution >= 4 is 5.95 Å². The molecule has 0 aliphatic rings. The maximum absolute atomic E-state index is 5.48. The van der Waals surface area contributed by atoms with Crippen LogP contribution in [0.1, 0.15) is 0 Å². The van der Waals surface area contributed by atoms with Crippen LogP contribution in [0.4, 0.5) is 5.95 Å². The molecule has 2 aromatic heterocycles. The Hall–Kier alpha value is -2.01. The van der Waals surface area contributed by atoms with Crippen molar-refractivity contribution in [3.63, 3.8) is 0 Å². The number of rotatable bonds is 4. The zero-order valence-corrected chi connectivity index (χ0v) is 9.74. The molecule has 2 aromatic rings. The van der Waals surface area contributed by atoms with Gasteiger partial charge in [-0.05, 0) is 12.1 Å². The second-order valence-corrected chi connectivity index (χ2v) is 3.70. The van der Waals surface area contributed by atoms with Gasteiger partial charge in [-0.3, -0.25) is 4.98 Å². The minimum atomic E-state index is 0.585. The van der Waals surface area contributed by atoms with Crippen LogP contribution in [-0.2, 0) is 0 Å². The second kappa shape index (κ2) is 5.36. The lowest BCUT2D eigenvalue weighted by molar-refractivity contribution is 0.846. The van der Waals surface area contributed by atoms with Gasteiger partial charge in [0.25, 0.3) is 0 Å². The largest absolute Gasteiger partial charge is 0.343 e. The van der Waals surface area contributed by atoms with Crippen molar-refractivity contribution in [2.45, 2.75) is 0 Å². The Bertz CT molecular complexity index is 454. The first kappa shape index (κ1) is 11.5. The summed E-state index contributed by atoms with van der Waals surface area (Å²) in [7, 11) is 1.92. The highest BCUT2D eigenvalue weighted by Crippen LogP contribution is 2.15. The maximum atomic E-state index is 5.48. The third kappa shape index (κ3) is 2.76. The number of nitrogens with zero attached hydrogens (tertiary/aromatic N) is 4. The molecule has 0 saturated heterocycles. The van der Waals surface area contributed by atoms with E-state index in [1.807, 2.05) is 30.1 Å². The van der Waals surface area contributed by atoms with Crippen molar-refractivity contribution < 1.29 is 0 Å². The van der Waals surface area contributed by atoms with Crippen LogP contribution >= 0.6 is 0 Å². The molecule has 0 amide bonds. The molecule has 5 nitrogen and oxygen atoms in total. The molecule has 0 aromatic carbocycles. The van der Waals surface area contributed by atoms with Crippen LogP contribution in [0.25, 0.3) is 11.3 Å². The number of anilines is 1. The van der Waals surface area contributed by atoms with Gasteiger partial charge in [0.15, 0.2) is 0 Å². The zero-order chi connectivity index (χ0) is 12.1. The van der Waals surface area contributed by atoms with Crippen molar-refractivity contribution in [2.24, 2.45) is 5.73 Å². The monoisotopic (exact) mass is 229 g/mol. The average Bonchev–Trinajstić information content (AvgIpc) is 2.40. The first-order chi connectivity index (χ1) is 8.31. The summed E-state index contributed by atoms with van der Waals surface area (Å²) in [6, 6.07) is 5.76. The molecule has 88 valence electrons. The van der Waals surface area contributed by atoms with Gasteiger partial charge in [0.1, 0.15) is 0 Å². The van der Waals surface area contributed by atoms with Crippen LogP contribution in [-0.4, -0.2) is 35.1 Å². The Morgan fingerprint density at radius 2 is 1.94 bits per heavy atom. The number of hydrogen-bond acceptors (Lipinski definition) is 5. The van der Waals surface area contributed by atoms with Crippen LogP contribution in [0.3, 0.4) is 0 Å². The summed E-state index contributed by atoms with van der Waals surface area (Å²) in [5.41, 5.74) is 7.27. The van der Waals surface area contributed by atoms with Crippen molar-refractivity contribution in [1.82, 2.24) is 15.0 Å². The zero-order valence-electron chi connectivity index (χ0n) is 9.74. The lowest BCUT2D eigenvalue weighted by Crippen LogP contribution is -2.26. The van der Waals surface area contributed by atoms with Gasteiger partial charge in [-0.25, -0.2) is 9.97 Å². The van der Waals surface area contributed by atoms with Gasteiger partial charge in [-0.15, -0.1) is 0 Å². The van der Waals surface area contributed by atoms with Crippen LogP contribution in [0.15, 0.2) is 36.8 Å². The van der Waals surface area contributed by atoms with E-state index in [4.69, 9.17) is 5.73 Å². The van der Waals surface area contributed by atoms with Gasteiger partial charge in [0.05, 0.1) is 5.69 Å². The van der Waals surface area contributed by atoms with Crippen LogP contribution in [0.5, 0.6) is 0 Å². The molecule has 0 aliphatic carbocycles. The van der Waals surface area contributed by atoms with Gasteiger partial charge < -0.3 is 10.6 Å². The summed E-state index contributed by atoms with van der Waals surface area (Å²) in [6.45, 7) is 1.32. The molecule has 0 aliphatic heterocycles.